The van der Waals surface area contributed by atoms with Gasteiger partial charge in [0, 0.05) is 24.0 Å². The van der Waals surface area contributed by atoms with E-state index < -0.39 is 0 Å². The van der Waals surface area contributed by atoms with Gasteiger partial charge in [0.15, 0.2) is 0 Å². The maximum atomic E-state index is 12.6. The lowest BCUT2D eigenvalue weighted by atomic mass is 10.0. The molecule has 0 fully saturated rings. The monoisotopic (exact) mass is 284 g/mol. The van der Waals surface area contributed by atoms with Crippen LogP contribution in [0.4, 0.5) is 11.4 Å². The molecule has 4 heteroatoms. The van der Waals surface area contributed by atoms with Gasteiger partial charge in [0.1, 0.15) is 5.75 Å². The third kappa shape index (κ3) is 2.99. The molecule has 0 aliphatic rings. The van der Waals surface area contributed by atoms with Crippen LogP contribution in [-0.2, 0) is 0 Å². The molecular weight excluding hydrogens is 264 g/mol. The molecule has 1 amide bonds. The minimum absolute atomic E-state index is 0.0793. The van der Waals surface area contributed by atoms with Gasteiger partial charge < -0.3 is 15.4 Å². The maximum Gasteiger partial charge on any atom is 0.258 e. The van der Waals surface area contributed by atoms with Crippen LogP contribution >= 0.6 is 0 Å². The average molecular weight is 284 g/mol. The van der Waals surface area contributed by atoms with Gasteiger partial charge in [0.05, 0.1) is 7.11 Å². The Morgan fingerprint density at radius 2 is 1.71 bits per heavy atom. The molecule has 2 aromatic carbocycles. The first-order chi connectivity index (χ1) is 9.93. The van der Waals surface area contributed by atoms with Gasteiger partial charge >= 0.3 is 0 Å². The number of ether oxygens (including phenoxy) is 1. The summed E-state index contributed by atoms with van der Waals surface area (Å²) in [6.07, 6.45) is 0. The number of aryl methyl sites for hydroxylation is 2. The number of carbonyl (C=O) groups excluding carboxylic acids is 1. The van der Waals surface area contributed by atoms with Gasteiger partial charge in [-0.2, -0.15) is 0 Å². The molecule has 0 saturated carbocycles. The number of hydrogen-bond donors (Lipinski definition) is 1. The minimum Gasteiger partial charge on any atom is -0.497 e. The van der Waals surface area contributed by atoms with Gasteiger partial charge in [-0.15, -0.1) is 0 Å². The summed E-state index contributed by atoms with van der Waals surface area (Å²) in [5, 5.41) is 0. The van der Waals surface area contributed by atoms with E-state index >= 15 is 0 Å². The summed E-state index contributed by atoms with van der Waals surface area (Å²) in [5.74, 6) is 0.680. The highest BCUT2D eigenvalue weighted by atomic mass is 16.5. The molecule has 0 unspecified atom stereocenters. The topological polar surface area (TPSA) is 55.6 Å². The van der Waals surface area contributed by atoms with Crippen LogP contribution in [0, 0.1) is 13.8 Å². The van der Waals surface area contributed by atoms with Gasteiger partial charge in [-0.25, -0.2) is 0 Å². The Labute approximate surface area is 125 Å². The van der Waals surface area contributed by atoms with Crippen molar-refractivity contribution < 1.29 is 9.53 Å². The van der Waals surface area contributed by atoms with Crippen molar-refractivity contribution in [3.63, 3.8) is 0 Å². The van der Waals surface area contributed by atoms with E-state index in [1.807, 2.05) is 44.2 Å². The molecule has 0 bridgehead atoms. The van der Waals surface area contributed by atoms with E-state index in [1.54, 1.807) is 25.1 Å². The van der Waals surface area contributed by atoms with Crippen LogP contribution < -0.4 is 15.4 Å². The molecule has 0 radical (unpaired) electrons. The SMILES string of the molecule is COc1ccc(N(C)C(=O)c2cc(N)c(C)cc2C)cc1. The lowest BCUT2D eigenvalue weighted by Gasteiger charge is -2.19. The molecule has 0 atom stereocenters. The number of rotatable bonds is 3. The molecule has 0 aliphatic carbocycles. The van der Waals surface area contributed by atoms with Crippen LogP contribution in [-0.4, -0.2) is 20.1 Å². The minimum atomic E-state index is -0.0793. The number of methoxy groups -OCH3 is 1. The lowest BCUT2D eigenvalue weighted by molar-refractivity contribution is 0.0992. The van der Waals surface area contributed by atoms with E-state index in [9.17, 15) is 4.79 Å². The zero-order chi connectivity index (χ0) is 15.6. The van der Waals surface area contributed by atoms with Crippen molar-refractivity contribution in [1.82, 2.24) is 0 Å². The summed E-state index contributed by atoms with van der Waals surface area (Å²) in [6, 6.07) is 11.0. The highest BCUT2D eigenvalue weighted by molar-refractivity contribution is 6.07. The van der Waals surface area contributed by atoms with Crippen molar-refractivity contribution in [2.45, 2.75) is 13.8 Å². The molecule has 4 nitrogen and oxygen atoms in total. The number of hydrogen-bond acceptors (Lipinski definition) is 3. The standard InChI is InChI=1S/C17H20N2O2/c1-11-9-12(2)16(18)10-15(11)17(20)19(3)13-5-7-14(21-4)8-6-13/h5-10H,18H2,1-4H3. The molecule has 0 heterocycles. The van der Waals surface area contributed by atoms with Gasteiger partial charge in [-0.05, 0) is 55.3 Å². The fourth-order valence-electron chi connectivity index (χ4n) is 2.20. The first-order valence-electron chi connectivity index (χ1n) is 6.73. The van der Waals surface area contributed by atoms with E-state index in [-0.39, 0.29) is 5.91 Å². The summed E-state index contributed by atoms with van der Waals surface area (Å²) in [7, 11) is 3.36. The van der Waals surface area contributed by atoms with Crippen molar-refractivity contribution in [3.05, 3.63) is 53.1 Å². The van der Waals surface area contributed by atoms with Crippen LogP contribution in [0.5, 0.6) is 5.75 Å². The summed E-state index contributed by atoms with van der Waals surface area (Å²) < 4.78 is 5.12. The molecule has 2 N–H and O–H groups in total. The van der Waals surface area contributed by atoms with E-state index in [2.05, 4.69) is 0 Å². The zero-order valence-electron chi connectivity index (χ0n) is 12.8. The molecule has 21 heavy (non-hydrogen) atoms. The number of nitrogen functional groups attached to an aromatic ring is 1. The number of anilines is 2. The second-order valence-corrected chi connectivity index (χ2v) is 5.09. The van der Waals surface area contributed by atoms with Gasteiger partial charge in [-0.3, -0.25) is 4.79 Å². The first kappa shape index (κ1) is 14.9. The van der Waals surface area contributed by atoms with Gasteiger partial charge in [0.2, 0.25) is 0 Å². The first-order valence-corrected chi connectivity index (χ1v) is 6.73. The molecule has 0 saturated heterocycles. The average Bonchev–Trinajstić information content (AvgIpc) is 2.49. The third-order valence-electron chi connectivity index (χ3n) is 3.61. The van der Waals surface area contributed by atoms with E-state index in [4.69, 9.17) is 10.5 Å². The quantitative estimate of drug-likeness (QED) is 0.881. The summed E-state index contributed by atoms with van der Waals surface area (Å²) in [4.78, 5) is 14.2. The van der Waals surface area contributed by atoms with E-state index in [0.29, 0.717) is 11.3 Å². The Bertz CT molecular complexity index is 663. The van der Waals surface area contributed by atoms with Crippen molar-refractivity contribution in [1.29, 1.82) is 0 Å². The van der Waals surface area contributed by atoms with E-state index in [0.717, 1.165) is 22.6 Å². The Kier molecular flexibility index (Phi) is 4.17. The Morgan fingerprint density at radius 1 is 1.10 bits per heavy atom. The summed E-state index contributed by atoms with van der Waals surface area (Å²) in [5.41, 5.74) is 9.88. The summed E-state index contributed by atoms with van der Waals surface area (Å²) in [6.45, 7) is 3.85. The van der Waals surface area contributed by atoms with Crippen molar-refractivity contribution in [3.8, 4) is 5.75 Å². The number of carbonyl (C=O) groups is 1. The molecule has 2 rings (SSSR count). The third-order valence-corrected chi connectivity index (χ3v) is 3.61. The maximum absolute atomic E-state index is 12.6. The molecule has 110 valence electrons. The fraction of sp³-hybridized carbons (Fsp3) is 0.235. The normalized spacial score (nSPS) is 10.3. The number of nitrogens with zero attached hydrogens (tertiary/aromatic N) is 1. The van der Waals surface area contributed by atoms with Gasteiger partial charge in [-0.1, -0.05) is 6.07 Å². The predicted molar refractivity (Wildman–Crippen MR) is 86.1 cm³/mol. The number of amides is 1. The molecule has 2 aromatic rings. The van der Waals surface area contributed by atoms with Crippen LogP contribution in [0.1, 0.15) is 21.5 Å². The highest BCUT2D eigenvalue weighted by Gasteiger charge is 2.16. The highest BCUT2D eigenvalue weighted by Crippen LogP contribution is 2.23. The lowest BCUT2D eigenvalue weighted by Crippen LogP contribution is -2.27. The largest absolute Gasteiger partial charge is 0.497 e. The predicted octanol–water partition coefficient (Wildman–Crippen LogP) is 3.17. The molecular formula is C17H20N2O2. The van der Waals surface area contributed by atoms with Gasteiger partial charge in [0.25, 0.3) is 5.91 Å². The van der Waals surface area contributed by atoms with Crippen LogP contribution in [0.15, 0.2) is 36.4 Å². The molecule has 0 spiro atoms. The molecule has 0 aromatic heterocycles. The summed E-state index contributed by atoms with van der Waals surface area (Å²) >= 11 is 0. The van der Waals surface area contributed by atoms with Crippen molar-refractivity contribution in [2.24, 2.45) is 0 Å². The van der Waals surface area contributed by atoms with Crippen LogP contribution in [0.2, 0.25) is 0 Å². The van der Waals surface area contributed by atoms with Crippen molar-refractivity contribution in [2.75, 3.05) is 24.8 Å². The smallest absolute Gasteiger partial charge is 0.258 e. The van der Waals surface area contributed by atoms with Crippen molar-refractivity contribution >= 4 is 17.3 Å². The zero-order valence-corrected chi connectivity index (χ0v) is 12.8. The second-order valence-electron chi connectivity index (χ2n) is 5.09. The fourth-order valence-corrected chi connectivity index (χ4v) is 2.20. The molecule has 0 aliphatic heterocycles. The number of benzene rings is 2. The van der Waals surface area contributed by atoms with Crippen LogP contribution in [0.25, 0.3) is 0 Å². The van der Waals surface area contributed by atoms with E-state index in [1.165, 1.54) is 0 Å². The Morgan fingerprint density at radius 3 is 2.29 bits per heavy atom. The number of nitrogens with two attached hydrogens (primary N) is 1. The second kappa shape index (κ2) is 5.87. The van der Waals surface area contributed by atoms with Crippen LogP contribution in [0.3, 0.4) is 0 Å². The Hall–Kier alpha value is -2.49. The Balaban J connectivity index is 2.32.